The van der Waals surface area contributed by atoms with E-state index in [0.29, 0.717) is 5.57 Å². The second-order valence-electron chi connectivity index (χ2n) is 2.20. The van der Waals surface area contributed by atoms with Gasteiger partial charge in [0.2, 0.25) is 0 Å². The summed E-state index contributed by atoms with van der Waals surface area (Å²) in [5.41, 5.74) is 11.3. The zero-order valence-electron chi connectivity index (χ0n) is 6.42. The Morgan fingerprint density at radius 1 is 1.67 bits per heavy atom. The van der Waals surface area contributed by atoms with Crippen LogP contribution in [0.25, 0.3) is 0 Å². The Balaban J connectivity index is 2.70. The van der Waals surface area contributed by atoms with Gasteiger partial charge in [-0.15, -0.1) is 0 Å². The van der Waals surface area contributed by atoms with E-state index in [1.54, 1.807) is 0 Å². The molecule has 2 amide bonds. The maximum Gasteiger partial charge on any atom is 0.320 e. The zero-order chi connectivity index (χ0) is 8.97. The van der Waals surface area contributed by atoms with Crippen LogP contribution < -0.4 is 22.1 Å². The summed E-state index contributed by atoms with van der Waals surface area (Å²) in [6.07, 6.45) is 0.949. The Morgan fingerprint density at radius 3 is 3.00 bits per heavy atom. The molecule has 5 nitrogen and oxygen atoms in total. The van der Waals surface area contributed by atoms with Crippen molar-refractivity contribution in [2.45, 2.75) is 6.17 Å². The summed E-state index contributed by atoms with van der Waals surface area (Å²) in [7, 11) is 0. The molecule has 0 fully saturated rings. The summed E-state index contributed by atoms with van der Waals surface area (Å²) in [5.74, 6) is 5.38. The first-order valence-electron chi connectivity index (χ1n) is 3.45. The minimum Gasteiger partial charge on any atom is -0.320 e. The number of rotatable bonds is 0. The van der Waals surface area contributed by atoms with E-state index in [0.717, 1.165) is 0 Å². The van der Waals surface area contributed by atoms with Gasteiger partial charge in [-0.05, 0) is 0 Å². The summed E-state index contributed by atoms with van der Waals surface area (Å²) < 4.78 is 0. The van der Waals surface area contributed by atoms with Crippen LogP contribution in [-0.4, -0.2) is 18.7 Å². The van der Waals surface area contributed by atoms with Gasteiger partial charge in [-0.3, -0.25) is 0 Å². The fraction of sp³-hybridized carbons (Fsp3) is 0.286. The number of carbonyl (C=O) groups excluding carboxylic acids is 1. The fourth-order valence-electron chi connectivity index (χ4n) is 0.761. The van der Waals surface area contributed by atoms with Gasteiger partial charge in [0.05, 0.1) is 12.1 Å². The van der Waals surface area contributed by atoms with Crippen molar-refractivity contribution in [1.82, 2.24) is 10.6 Å². The summed E-state index contributed by atoms with van der Waals surface area (Å²) in [5, 5.41) is 4.89. The van der Waals surface area contributed by atoms with Crippen molar-refractivity contribution in [3.05, 3.63) is 11.8 Å². The topological polar surface area (TPSA) is 93.2 Å². The third kappa shape index (κ3) is 1.99. The van der Waals surface area contributed by atoms with E-state index in [4.69, 9.17) is 11.5 Å². The first-order chi connectivity index (χ1) is 5.74. The number of urea groups is 1. The van der Waals surface area contributed by atoms with Crippen molar-refractivity contribution in [2.24, 2.45) is 11.5 Å². The smallest absolute Gasteiger partial charge is 0.320 e. The van der Waals surface area contributed by atoms with E-state index < -0.39 is 6.17 Å². The van der Waals surface area contributed by atoms with E-state index in [1.807, 2.05) is 0 Å². The Hall–Kier alpha value is -1.51. The quantitative estimate of drug-likeness (QED) is 0.327. The Morgan fingerprint density at radius 2 is 2.42 bits per heavy atom. The molecule has 0 radical (unpaired) electrons. The van der Waals surface area contributed by atoms with Gasteiger partial charge in [0.15, 0.2) is 0 Å². The largest absolute Gasteiger partial charge is 0.320 e. The van der Waals surface area contributed by atoms with E-state index >= 15 is 0 Å². The van der Waals surface area contributed by atoms with Gasteiger partial charge < -0.3 is 22.1 Å². The number of carbonyl (C=O) groups is 1. The van der Waals surface area contributed by atoms with Crippen LogP contribution in [-0.2, 0) is 0 Å². The standard InChI is InChI=1S/C7H10N4O/c8-3-1-2-5-4-10-7(12)11-6(5)9/h4,6H,3,8-9H2,(H2,10,11,12). The minimum absolute atomic E-state index is 0.276. The van der Waals surface area contributed by atoms with E-state index in [-0.39, 0.29) is 12.6 Å². The third-order valence-corrected chi connectivity index (χ3v) is 1.32. The van der Waals surface area contributed by atoms with Crippen molar-refractivity contribution >= 4 is 6.03 Å². The van der Waals surface area contributed by atoms with Crippen molar-refractivity contribution in [3.63, 3.8) is 0 Å². The highest BCUT2D eigenvalue weighted by atomic mass is 16.2. The van der Waals surface area contributed by atoms with Gasteiger partial charge in [0.1, 0.15) is 6.17 Å². The monoisotopic (exact) mass is 166 g/mol. The van der Waals surface area contributed by atoms with Crippen LogP contribution in [0, 0.1) is 11.8 Å². The predicted octanol–water partition coefficient (Wildman–Crippen LogP) is -1.57. The lowest BCUT2D eigenvalue weighted by atomic mass is 10.2. The molecule has 1 rings (SSSR count). The highest BCUT2D eigenvalue weighted by molar-refractivity contribution is 5.77. The van der Waals surface area contributed by atoms with E-state index in [2.05, 4.69) is 22.5 Å². The average molecular weight is 166 g/mol. The van der Waals surface area contributed by atoms with E-state index in [9.17, 15) is 4.79 Å². The Kier molecular flexibility index (Phi) is 2.69. The van der Waals surface area contributed by atoms with Gasteiger partial charge in [0, 0.05) is 6.20 Å². The molecular formula is C7H10N4O. The van der Waals surface area contributed by atoms with Crippen LogP contribution in [0.4, 0.5) is 4.79 Å². The molecule has 0 saturated carbocycles. The normalized spacial score (nSPS) is 21.3. The highest BCUT2D eigenvalue weighted by Gasteiger charge is 2.14. The molecule has 0 aromatic carbocycles. The lowest BCUT2D eigenvalue weighted by Gasteiger charge is -2.18. The van der Waals surface area contributed by atoms with Crippen LogP contribution in [0.5, 0.6) is 0 Å². The highest BCUT2D eigenvalue weighted by Crippen LogP contribution is 1.97. The summed E-state index contributed by atoms with van der Waals surface area (Å²) in [4.78, 5) is 10.7. The number of hydrogen-bond donors (Lipinski definition) is 4. The summed E-state index contributed by atoms with van der Waals surface area (Å²) >= 11 is 0. The molecule has 12 heavy (non-hydrogen) atoms. The molecule has 6 N–H and O–H groups in total. The van der Waals surface area contributed by atoms with Crippen LogP contribution >= 0.6 is 0 Å². The molecular weight excluding hydrogens is 156 g/mol. The molecule has 0 bridgehead atoms. The summed E-state index contributed by atoms with van der Waals surface area (Å²) in [6, 6.07) is -0.319. The number of hydrogen-bond acceptors (Lipinski definition) is 3. The van der Waals surface area contributed by atoms with Gasteiger partial charge in [0.25, 0.3) is 0 Å². The second-order valence-corrected chi connectivity index (χ2v) is 2.20. The van der Waals surface area contributed by atoms with Crippen molar-refractivity contribution < 1.29 is 4.79 Å². The van der Waals surface area contributed by atoms with Gasteiger partial charge in [-0.1, -0.05) is 11.8 Å². The SMILES string of the molecule is NCC#CC1=CNC(=O)NC1N. The molecule has 0 spiro atoms. The molecule has 64 valence electrons. The number of nitrogens with two attached hydrogens (primary N) is 2. The second kappa shape index (κ2) is 3.76. The molecule has 1 aliphatic rings. The number of amides is 2. The lowest BCUT2D eigenvalue weighted by Crippen LogP contribution is -2.50. The molecule has 1 unspecified atom stereocenters. The molecule has 1 aliphatic heterocycles. The molecule has 1 heterocycles. The Labute approximate surface area is 70.2 Å². The van der Waals surface area contributed by atoms with Crippen molar-refractivity contribution in [3.8, 4) is 11.8 Å². The van der Waals surface area contributed by atoms with Crippen LogP contribution in [0.15, 0.2) is 11.8 Å². The third-order valence-electron chi connectivity index (χ3n) is 1.32. The van der Waals surface area contributed by atoms with Crippen molar-refractivity contribution in [1.29, 1.82) is 0 Å². The van der Waals surface area contributed by atoms with Crippen LogP contribution in [0.2, 0.25) is 0 Å². The van der Waals surface area contributed by atoms with Gasteiger partial charge in [-0.25, -0.2) is 4.79 Å². The molecule has 1 atom stereocenters. The molecule has 0 aliphatic carbocycles. The van der Waals surface area contributed by atoms with Gasteiger partial charge >= 0.3 is 6.03 Å². The molecule has 0 aromatic rings. The maximum absolute atomic E-state index is 10.7. The van der Waals surface area contributed by atoms with Gasteiger partial charge in [-0.2, -0.15) is 0 Å². The average Bonchev–Trinajstić information content (AvgIpc) is 2.03. The Bertz CT molecular complexity index is 273. The molecule has 0 aromatic heterocycles. The molecule has 0 saturated heterocycles. The van der Waals surface area contributed by atoms with Crippen LogP contribution in [0.1, 0.15) is 0 Å². The fourth-order valence-corrected chi connectivity index (χ4v) is 0.761. The maximum atomic E-state index is 10.7. The van der Waals surface area contributed by atoms with Crippen LogP contribution in [0.3, 0.4) is 0 Å². The lowest BCUT2D eigenvalue weighted by molar-refractivity contribution is 0.240. The predicted molar refractivity (Wildman–Crippen MR) is 44.6 cm³/mol. The van der Waals surface area contributed by atoms with Crippen molar-refractivity contribution in [2.75, 3.05) is 6.54 Å². The molecule has 5 heteroatoms. The van der Waals surface area contributed by atoms with E-state index in [1.165, 1.54) is 6.20 Å². The first kappa shape index (κ1) is 8.59. The minimum atomic E-state index is -0.530. The summed E-state index contributed by atoms with van der Waals surface area (Å²) in [6.45, 7) is 0.276. The number of nitrogens with one attached hydrogen (secondary N) is 2. The zero-order valence-corrected chi connectivity index (χ0v) is 6.42. The first-order valence-corrected chi connectivity index (χ1v) is 3.45.